The number of nitrogens with one attached hydrogen (secondary N) is 1. The minimum Gasteiger partial charge on any atom is -0.508 e. The van der Waals surface area contributed by atoms with Crippen LogP contribution in [0.5, 0.6) is 5.75 Å². The summed E-state index contributed by atoms with van der Waals surface area (Å²) < 4.78 is 0. The summed E-state index contributed by atoms with van der Waals surface area (Å²) >= 11 is 0. The average Bonchev–Trinajstić information content (AvgIpc) is 2.48. The molecule has 0 saturated carbocycles. The Labute approximate surface area is 123 Å². The molecule has 114 valence electrons. The van der Waals surface area contributed by atoms with Crippen molar-refractivity contribution in [2.24, 2.45) is 5.73 Å². The van der Waals surface area contributed by atoms with Crippen LogP contribution < -0.4 is 11.1 Å². The fraction of sp³-hybridized carbons (Fsp3) is 0.333. The van der Waals surface area contributed by atoms with Crippen LogP contribution >= 0.6 is 0 Å². The highest BCUT2D eigenvalue weighted by atomic mass is 16.4. The summed E-state index contributed by atoms with van der Waals surface area (Å²) in [5, 5.41) is 20.2. The van der Waals surface area contributed by atoms with Gasteiger partial charge in [-0.25, -0.2) is 4.79 Å². The van der Waals surface area contributed by atoms with Crippen LogP contribution in [0.15, 0.2) is 30.3 Å². The molecular formula is C15H20N2O4. The second-order valence-electron chi connectivity index (χ2n) is 4.67. The molecule has 0 radical (unpaired) electrons. The Hall–Kier alpha value is -2.34. The molecular weight excluding hydrogens is 272 g/mol. The van der Waals surface area contributed by atoms with Gasteiger partial charge in [0.25, 0.3) is 0 Å². The second-order valence-corrected chi connectivity index (χ2v) is 4.67. The van der Waals surface area contributed by atoms with E-state index in [0.717, 1.165) is 31.0 Å². The largest absolute Gasteiger partial charge is 0.508 e. The average molecular weight is 292 g/mol. The number of hydrogen-bond donors (Lipinski definition) is 4. The number of rotatable bonds is 3. The van der Waals surface area contributed by atoms with Gasteiger partial charge in [0.15, 0.2) is 0 Å². The van der Waals surface area contributed by atoms with E-state index in [2.05, 4.69) is 5.32 Å². The van der Waals surface area contributed by atoms with Crippen molar-refractivity contribution in [3.8, 4) is 5.75 Å². The number of carbonyl (C=O) groups excluding carboxylic acids is 1. The number of aromatic hydroxyl groups is 1. The summed E-state index contributed by atoms with van der Waals surface area (Å²) in [4.78, 5) is 20.6. The van der Waals surface area contributed by atoms with Gasteiger partial charge in [0.05, 0.1) is 6.04 Å². The summed E-state index contributed by atoms with van der Waals surface area (Å²) in [7, 11) is 0. The van der Waals surface area contributed by atoms with E-state index in [1.165, 1.54) is 24.6 Å². The fourth-order valence-electron chi connectivity index (χ4n) is 1.85. The topological polar surface area (TPSA) is 113 Å². The lowest BCUT2D eigenvalue weighted by atomic mass is 10.1. The number of carbonyl (C=O) groups is 2. The molecule has 6 heteroatoms. The Balaban J connectivity index is 0.000000219. The number of carboxylic acid groups (broad SMARTS) is 1. The number of phenolic OH excluding ortho intramolecular Hbond substituents is 1. The molecule has 1 aromatic carbocycles. The molecule has 2 rings (SSSR count). The molecule has 1 aliphatic rings. The minimum atomic E-state index is -0.983. The summed E-state index contributed by atoms with van der Waals surface area (Å²) in [5.74, 6) is -1.03. The molecule has 1 saturated heterocycles. The number of nitrogens with two attached hydrogens (primary N) is 1. The van der Waals surface area contributed by atoms with Crippen molar-refractivity contribution in [1.29, 1.82) is 0 Å². The Morgan fingerprint density at radius 2 is 1.90 bits per heavy atom. The number of amides is 1. The lowest BCUT2D eigenvalue weighted by molar-refractivity contribution is -0.131. The van der Waals surface area contributed by atoms with Gasteiger partial charge in [-0.2, -0.15) is 0 Å². The van der Waals surface area contributed by atoms with Crippen molar-refractivity contribution in [2.75, 3.05) is 6.54 Å². The van der Waals surface area contributed by atoms with E-state index in [-0.39, 0.29) is 17.7 Å². The molecule has 1 atom stereocenters. The predicted molar refractivity (Wildman–Crippen MR) is 79.6 cm³/mol. The summed E-state index contributed by atoms with van der Waals surface area (Å²) in [6, 6.07) is 6.21. The van der Waals surface area contributed by atoms with Gasteiger partial charge in [-0.1, -0.05) is 18.6 Å². The monoisotopic (exact) mass is 292 g/mol. The first-order valence-electron chi connectivity index (χ1n) is 6.72. The molecule has 0 spiro atoms. The van der Waals surface area contributed by atoms with Gasteiger partial charge in [0.1, 0.15) is 5.75 Å². The fourth-order valence-corrected chi connectivity index (χ4v) is 1.85. The van der Waals surface area contributed by atoms with E-state index in [0.29, 0.717) is 0 Å². The highest BCUT2D eigenvalue weighted by Gasteiger charge is 2.16. The number of piperidine rings is 1. The highest BCUT2D eigenvalue weighted by molar-refractivity contribution is 5.85. The molecule has 0 aliphatic carbocycles. The van der Waals surface area contributed by atoms with Crippen LogP contribution in [-0.2, 0) is 9.59 Å². The normalized spacial score (nSPS) is 17.8. The number of carboxylic acids is 1. The summed E-state index contributed by atoms with van der Waals surface area (Å²) in [5.41, 5.74) is 5.81. The van der Waals surface area contributed by atoms with Crippen LogP contribution in [0.25, 0.3) is 6.08 Å². The van der Waals surface area contributed by atoms with Gasteiger partial charge < -0.3 is 21.3 Å². The first-order valence-corrected chi connectivity index (χ1v) is 6.72. The molecule has 5 N–H and O–H groups in total. The first-order chi connectivity index (χ1) is 9.99. The predicted octanol–water partition coefficient (Wildman–Crippen LogP) is 1.10. The third-order valence-corrected chi connectivity index (χ3v) is 2.97. The second kappa shape index (κ2) is 8.76. The number of benzene rings is 1. The van der Waals surface area contributed by atoms with Crippen LogP contribution in [-0.4, -0.2) is 34.7 Å². The third-order valence-electron chi connectivity index (χ3n) is 2.97. The molecule has 0 bridgehead atoms. The van der Waals surface area contributed by atoms with Crippen molar-refractivity contribution in [3.05, 3.63) is 35.9 Å². The molecule has 21 heavy (non-hydrogen) atoms. The SMILES string of the molecule is NC(=O)[C@@H]1CCCCN1.O=C(O)/C=C/c1ccc(O)cc1. The van der Waals surface area contributed by atoms with Crippen molar-refractivity contribution in [2.45, 2.75) is 25.3 Å². The lowest BCUT2D eigenvalue weighted by Gasteiger charge is -2.19. The van der Waals surface area contributed by atoms with Crippen LogP contribution in [0.3, 0.4) is 0 Å². The molecule has 0 aromatic heterocycles. The van der Waals surface area contributed by atoms with Gasteiger partial charge in [-0.3, -0.25) is 4.79 Å². The zero-order valence-corrected chi connectivity index (χ0v) is 11.7. The Bertz CT molecular complexity index is 491. The molecule has 1 heterocycles. The van der Waals surface area contributed by atoms with E-state index in [1.807, 2.05) is 0 Å². The molecule has 1 fully saturated rings. The van der Waals surface area contributed by atoms with Gasteiger partial charge >= 0.3 is 5.97 Å². The van der Waals surface area contributed by atoms with Gasteiger partial charge in [0, 0.05) is 6.08 Å². The zero-order valence-electron chi connectivity index (χ0n) is 11.7. The molecule has 1 aliphatic heterocycles. The smallest absolute Gasteiger partial charge is 0.328 e. The summed E-state index contributed by atoms with van der Waals surface area (Å²) in [6.45, 7) is 0.938. The van der Waals surface area contributed by atoms with Crippen LogP contribution in [0.2, 0.25) is 0 Å². The van der Waals surface area contributed by atoms with E-state index < -0.39 is 5.97 Å². The summed E-state index contributed by atoms with van der Waals surface area (Å²) in [6.07, 6.45) is 5.72. The molecule has 6 nitrogen and oxygen atoms in total. The van der Waals surface area contributed by atoms with Crippen LogP contribution in [0.1, 0.15) is 24.8 Å². The Kier molecular flexibility index (Phi) is 6.97. The number of hydrogen-bond acceptors (Lipinski definition) is 4. The maximum Gasteiger partial charge on any atom is 0.328 e. The number of primary amides is 1. The Morgan fingerprint density at radius 3 is 2.33 bits per heavy atom. The van der Waals surface area contributed by atoms with Crippen LogP contribution in [0.4, 0.5) is 0 Å². The van der Waals surface area contributed by atoms with Crippen LogP contribution in [0, 0.1) is 0 Å². The maximum atomic E-state index is 10.5. The quantitative estimate of drug-likeness (QED) is 0.623. The lowest BCUT2D eigenvalue weighted by Crippen LogP contribution is -2.44. The molecule has 1 amide bonds. The minimum absolute atomic E-state index is 0.0567. The number of phenols is 1. The standard InChI is InChI=1S/C9H8O3.C6H12N2O/c10-8-4-1-7(2-5-8)3-6-9(11)12;7-6(9)5-3-1-2-4-8-5/h1-6,10H,(H,11,12);5,8H,1-4H2,(H2,7,9)/b6-3+;/t;5-/m.0/s1. The molecule has 0 unspecified atom stereocenters. The zero-order chi connectivity index (χ0) is 15.7. The van der Waals surface area contributed by atoms with Crippen molar-refractivity contribution >= 4 is 18.0 Å². The van der Waals surface area contributed by atoms with Crippen molar-refractivity contribution in [1.82, 2.24) is 5.32 Å². The molecule has 1 aromatic rings. The van der Waals surface area contributed by atoms with E-state index >= 15 is 0 Å². The highest BCUT2D eigenvalue weighted by Crippen LogP contribution is 2.10. The van der Waals surface area contributed by atoms with E-state index in [9.17, 15) is 9.59 Å². The first kappa shape index (κ1) is 16.7. The van der Waals surface area contributed by atoms with E-state index in [4.69, 9.17) is 15.9 Å². The van der Waals surface area contributed by atoms with Gasteiger partial charge in [-0.15, -0.1) is 0 Å². The van der Waals surface area contributed by atoms with Gasteiger partial charge in [0.2, 0.25) is 5.91 Å². The van der Waals surface area contributed by atoms with E-state index in [1.54, 1.807) is 12.1 Å². The van der Waals surface area contributed by atoms with Crippen molar-refractivity contribution in [3.63, 3.8) is 0 Å². The third kappa shape index (κ3) is 7.12. The number of aliphatic carboxylic acids is 1. The van der Waals surface area contributed by atoms with Gasteiger partial charge in [-0.05, 0) is 43.2 Å². The Morgan fingerprint density at radius 1 is 1.24 bits per heavy atom. The van der Waals surface area contributed by atoms with Crippen molar-refractivity contribution < 1.29 is 19.8 Å². The maximum absolute atomic E-state index is 10.5.